The second kappa shape index (κ2) is 12.0. The van der Waals surface area contributed by atoms with Crippen molar-refractivity contribution in [3.8, 4) is 22.5 Å². The fraction of sp³-hybridized carbons (Fsp3) is 0.281. The highest BCUT2D eigenvalue weighted by Gasteiger charge is 2.23. The lowest BCUT2D eigenvalue weighted by Crippen LogP contribution is -2.15. The lowest BCUT2D eigenvalue weighted by Gasteiger charge is -2.19. The number of hydrogen-bond donors (Lipinski definition) is 1. The summed E-state index contributed by atoms with van der Waals surface area (Å²) in [5.74, 6) is -0.347. The van der Waals surface area contributed by atoms with E-state index in [9.17, 15) is 9.59 Å². The molecule has 2 aromatic carbocycles. The third kappa shape index (κ3) is 5.87. The van der Waals surface area contributed by atoms with Crippen molar-refractivity contribution in [3.63, 3.8) is 0 Å². The molecule has 7 heteroatoms. The molecule has 0 radical (unpaired) electrons. The van der Waals surface area contributed by atoms with Gasteiger partial charge in [0, 0.05) is 53.0 Å². The average Bonchev–Trinajstić information content (AvgIpc) is 2.91. The lowest BCUT2D eigenvalue weighted by molar-refractivity contribution is -0.140. The van der Waals surface area contributed by atoms with Crippen molar-refractivity contribution in [1.82, 2.24) is 0 Å². The second-order valence-electron chi connectivity index (χ2n) is 9.38. The maximum absolute atomic E-state index is 13.3. The Bertz CT molecular complexity index is 1600. The molecule has 1 heterocycles. The topological polar surface area (TPSA) is 90.1 Å². The van der Waals surface area contributed by atoms with Crippen LogP contribution in [0.25, 0.3) is 33.4 Å². The zero-order valence-corrected chi connectivity index (χ0v) is 23.1. The molecule has 0 saturated carbocycles. The van der Waals surface area contributed by atoms with Gasteiger partial charge in [-0.2, -0.15) is 0 Å². The van der Waals surface area contributed by atoms with Gasteiger partial charge in [-0.1, -0.05) is 24.8 Å². The maximum Gasteiger partial charge on any atom is 0.338 e. The van der Waals surface area contributed by atoms with Gasteiger partial charge in [-0.25, -0.2) is 9.59 Å². The summed E-state index contributed by atoms with van der Waals surface area (Å²) < 4.78 is 17.0. The molecule has 0 unspecified atom stereocenters. The molecule has 0 saturated heterocycles. The Kier molecular flexibility index (Phi) is 8.49. The van der Waals surface area contributed by atoms with Gasteiger partial charge in [-0.15, -0.1) is 0 Å². The van der Waals surface area contributed by atoms with Crippen molar-refractivity contribution in [2.45, 2.75) is 34.6 Å². The van der Waals surface area contributed by atoms with E-state index in [4.69, 9.17) is 13.9 Å². The number of hydrogen-bond acceptors (Lipinski definition) is 7. The van der Waals surface area contributed by atoms with Crippen LogP contribution in [0.3, 0.4) is 0 Å². The van der Waals surface area contributed by atoms with Gasteiger partial charge in [-0.3, -0.25) is 4.99 Å². The molecule has 7 nitrogen and oxygen atoms in total. The minimum absolute atomic E-state index is 0.0506. The van der Waals surface area contributed by atoms with Crippen molar-refractivity contribution in [2.75, 3.05) is 31.6 Å². The summed E-state index contributed by atoms with van der Waals surface area (Å²) in [7, 11) is 0. The first-order valence-electron chi connectivity index (χ1n) is 13.1. The summed E-state index contributed by atoms with van der Waals surface area (Å²) in [5.41, 5.74) is 6.94. The van der Waals surface area contributed by atoms with E-state index >= 15 is 0 Å². The van der Waals surface area contributed by atoms with Gasteiger partial charge in [0.25, 0.3) is 0 Å². The molecule has 2 aliphatic rings. The molecular weight excluding hydrogens is 492 g/mol. The van der Waals surface area contributed by atoms with Crippen LogP contribution in [0.5, 0.6) is 0 Å². The normalized spacial score (nSPS) is 11.6. The number of carbonyl (C=O) groups is 2. The summed E-state index contributed by atoms with van der Waals surface area (Å²) in [6.07, 6.45) is 0. The van der Waals surface area contributed by atoms with E-state index in [-0.39, 0.29) is 18.8 Å². The molecule has 0 fully saturated rings. The first-order valence-corrected chi connectivity index (χ1v) is 13.1. The standard InChI is InChI=1S/C32H34N2O5/c1-7-33-26-17-28-24(15-20(26)5)30(25-16-21(6)27(34-8-2)18-29(25)39-28)22-11-9-10-12-23(22)32(36)38-14-13-37-31(35)19(3)4/h9-12,15-18,33H,3,7-8,13-14H2,1-2,4-6H3. The monoisotopic (exact) mass is 526 g/mol. The van der Waals surface area contributed by atoms with Gasteiger partial charge in [0.05, 0.1) is 10.9 Å². The Labute approximate surface area is 228 Å². The molecule has 202 valence electrons. The van der Waals surface area contributed by atoms with Crippen LogP contribution in [0.4, 0.5) is 5.69 Å². The predicted octanol–water partition coefficient (Wildman–Crippen LogP) is 6.45. The van der Waals surface area contributed by atoms with Crippen LogP contribution < -0.4 is 10.7 Å². The van der Waals surface area contributed by atoms with Gasteiger partial charge in [0.1, 0.15) is 24.6 Å². The van der Waals surface area contributed by atoms with Crippen LogP contribution in [-0.4, -0.2) is 38.2 Å². The molecule has 0 atom stereocenters. The number of fused-ring (bicyclic) bond motifs is 2. The van der Waals surface area contributed by atoms with Crippen molar-refractivity contribution >= 4 is 28.6 Å². The Morgan fingerprint density at radius 3 is 2.44 bits per heavy atom. The van der Waals surface area contributed by atoms with Crippen LogP contribution in [0.1, 0.15) is 42.3 Å². The smallest absolute Gasteiger partial charge is 0.338 e. The number of nitrogens with zero attached hydrogens (tertiary/aromatic N) is 1. The highest BCUT2D eigenvalue weighted by molar-refractivity contribution is 6.08. The van der Waals surface area contributed by atoms with E-state index in [2.05, 4.69) is 35.9 Å². The van der Waals surface area contributed by atoms with E-state index < -0.39 is 11.9 Å². The molecule has 1 aliphatic carbocycles. The largest absolute Gasteiger partial charge is 0.459 e. The Morgan fingerprint density at radius 2 is 1.72 bits per heavy atom. The third-order valence-corrected chi connectivity index (χ3v) is 6.39. The van der Waals surface area contributed by atoms with Crippen LogP contribution in [0, 0.1) is 13.8 Å². The zero-order chi connectivity index (χ0) is 28.1. The van der Waals surface area contributed by atoms with Gasteiger partial charge < -0.3 is 19.2 Å². The maximum atomic E-state index is 13.3. The van der Waals surface area contributed by atoms with Gasteiger partial charge in [-0.05, 0) is 69.5 Å². The SMILES string of the molecule is C=C(C)C(=O)OCCOC(=O)c1ccccc1-c1c2cc(C)c(=NCC)cc-2oc2cc(NCC)c(C)cc12. The number of aryl methyl sites for hydroxylation is 2. The molecule has 1 aliphatic heterocycles. The number of rotatable bonds is 9. The summed E-state index contributed by atoms with van der Waals surface area (Å²) in [6, 6.07) is 15.5. The molecule has 4 rings (SSSR count). The Balaban J connectivity index is 1.88. The first kappa shape index (κ1) is 27.6. The minimum Gasteiger partial charge on any atom is -0.459 e. The summed E-state index contributed by atoms with van der Waals surface area (Å²) >= 11 is 0. The molecule has 39 heavy (non-hydrogen) atoms. The molecule has 0 amide bonds. The van der Waals surface area contributed by atoms with Gasteiger partial charge in [0.2, 0.25) is 0 Å². The number of benzene rings is 3. The second-order valence-corrected chi connectivity index (χ2v) is 9.38. The number of carbonyl (C=O) groups excluding carboxylic acids is 2. The molecule has 2 aromatic rings. The van der Waals surface area contributed by atoms with Crippen molar-refractivity contribution in [2.24, 2.45) is 4.99 Å². The van der Waals surface area contributed by atoms with Crippen LogP contribution in [0.15, 0.2) is 70.1 Å². The van der Waals surface area contributed by atoms with Crippen LogP contribution >= 0.6 is 0 Å². The number of anilines is 1. The highest BCUT2D eigenvalue weighted by atomic mass is 16.6. The number of nitrogens with one attached hydrogen (secondary N) is 1. The van der Waals surface area contributed by atoms with Crippen molar-refractivity contribution in [3.05, 3.63) is 82.7 Å². The fourth-order valence-electron chi connectivity index (χ4n) is 4.55. The quantitative estimate of drug-likeness (QED) is 0.117. The predicted molar refractivity (Wildman–Crippen MR) is 154 cm³/mol. The van der Waals surface area contributed by atoms with Crippen LogP contribution in [0.2, 0.25) is 0 Å². The third-order valence-electron chi connectivity index (χ3n) is 6.39. The van der Waals surface area contributed by atoms with Gasteiger partial charge >= 0.3 is 11.9 Å². The minimum atomic E-state index is -0.519. The molecule has 0 bridgehead atoms. The first-order chi connectivity index (χ1) is 18.7. The van der Waals surface area contributed by atoms with E-state index in [0.29, 0.717) is 23.5 Å². The van der Waals surface area contributed by atoms with Gasteiger partial charge in [0.15, 0.2) is 0 Å². The highest BCUT2D eigenvalue weighted by Crippen LogP contribution is 2.43. The van der Waals surface area contributed by atoms with E-state index in [1.54, 1.807) is 19.1 Å². The molecule has 0 aromatic heterocycles. The Hall–Kier alpha value is -4.39. The summed E-state index contributed by atoms with van der Waals surface area (Å²) in [6.45, 7) is 14.6. The number of esters is 2. The van der Waals surface area contributed by atoms with Crippen molar-refractivity contribution in [1.29, 1.82) is 0 Å². The molecule has 0 spiro atoms. The zero-order valence-electron chi connectivity index (χ0n) is 23.1. The lowest BCUT2D eigenvalue weighted by atomic mass is 9.89. The van der Waals surface area contributed by atoms with E-state index in [1.807, 2.05) is 45.0 Å². The van der Waals surface area contributed by atoms with E-state index in [1.165, 1.54) is 0 Å². The van der Waals surface area contributed by atoms with E-state index in [0.717, 1.165) is 50.8 Å². The number of ether oxygens (including phenoxy) is 2. The summed E-state index contributed by atoms with van der Waals surface area (Å²) in [4.78, 5) is 29.5. The van der Waals surface area contributed by atoms with Crippen molar-refractivity contribution < 1.29 is 23.5 Å². The summed E-state index contributed by atoms with van der Waals surface area (Å²) in [5, 5.41) is 5.15. The Morgan fingerprint density at radius 1 is 0.974 bits per heavy atom. The van der Waals surface area contributed by atoms with Crippen LogP contribution in [-0.2, 0) is 14.3 Å². The molecule has 1 N–H and O–H groups in total. The fourth-order valence-corrected chi connectivity index (χ4v) is 4.55. The molecular formula is C32H34N2O5. The average molecular weight is 527 g/mol.